The lowest BCUT2D eigenvalue weighted by atomic mass is 9.50. The Morgan fingerprint density at radius 1 is 0.758 bits per heavy atom. The van der Waals surface area contributed by atoms with Gasteiger partial charge >= 0.3 is 5.97 Å². The van der Waals surface area contributed by atoms with Crippen LogP contribution in [0.4, 0.5) is 0 Å². The molecule has 1 saturated carbocycles. The summed E-state index contributed by atoms with van der Waals surface area (Å²) in [7, 11) is 0. The first kappa shape index (κ1) is 22.1. The summed E-state index contributed by atoms with van der Waals surface area (Å²) >= 11 is 0. The standard InChI is InChI=1S/C27H22O6/c1-16(29)22-23(17-7-9-20(10-8-17)27(31)32)24(18-11-13-21(14-12-18)33-15-28)25(22)26(30)19-5-3-2-4-6-19/h2-15,22-25H,1H3,(H,31,32)/t22-,23-,24-,25-/m1/s1. The van der Waals surface area contributed by atoms with Crippen LogP contribution in [0.3, 0.4) is 0 Å². The maximum absolute atomic E-state index is 13.5. The molecular formula is C27H22O6. The fraction of sp³-hybridized carbons (Fsp3) is 0.185. The average Bonchev–Trinajstić information content (AvgIpc) is 2.80. The molecule has 33 heavy (non-hydrogen) atoms. The van der Waals surface area contributed by atoms with Gasteiger partial charge in [-0.1, -0.05) is 54.6 Å². The Morgan fingerprint density at radius 3 is 1.82 bits per heavy atom. The Kier molecular flexibility index (Phi) is 6.18. The first-order chi connectivity index (χ1) is 15.9. The summed E-state index contributed by atoms with van der Waals surface area (Å²) < 4.78 is 4.89. The molecule has 0 spiro atoms. The number of Topliss-reactive ketones (excluding diaryl/α,β-unsaturated/α-hetero) is 2. The Morgan fingerprint density at radius 2 is 1.30 bits per heavy atom. The van der Waals surface area contributed by atoms with Crippen LogP contribution in [0, 0.1) is 11.8 Å². The maximum Gasteiger partial charge on any atom is 0.335 e. The van der Waals surface area contributed by atoms with Gasteiger partial charge < -0.3 is 9.84 Å². The summed E-state index contributed by atoms with van der Waals surface area (Å²) in [6.07, 6.45) is 0. The monoisotopic (exact) mass is 442 g/mol. The zero-order valence-corrected chi connectivity index (χ0v) is 17.9. The zero-order valence-electron chi connectivity index (χ0n) is 17.9. The molecule has 4 rings (SSSR count). The SMILES string of the molecule is CC(=O)[C@H]1[C@@H](C(=O)c2ccccc2)[C@H](c2ccc(OC=O)cc2)[C@@H]1c1ccc(C(=O)O)cc1. The lowest BCUT2D eigenvalue weighted by Crippen LogP contribution is -2.50. The lowest BCUT2D eigenvalue weighted by Gasteiger charge is -2.51. The summed E-state index contributed by atoms with van der Waals surface area (Å²) in [5.74, 6) is -2.53. The minimum atomic E-state index is -1.03. The van der Waals surface area contributed by atoms with Crippen molar-refractivity contribution in [3.05, 3.63) is 101 Å². The Balaban J connectivity index is 1.78. The summed E-state index contributed by atoms with van der Waals surface area (Å²) in [4.78, 5) is 48.2. The molecule has 3 aromatic carbocycles. The number of benzene rings is 3. The van der Waals surface area contributed by atoms with Gasteiger partial charge in [0, 0.05) is 29.2 Å². The van der Waals surface area contributed by atoms with E-state index in [1.54, 1.807) is 60.7 Å². The van der Waals surface area contributed by atoms with Crippen molar-refractivity contribution >= 4 is 24.0 Å². The van der Waals surface area contributed by atoms with Crippen molar-refractivity contribution in [3.63, 3.8) is 0 Å². The number of aromatic carboxylic acids is 1. The molecule has 0 unspecified atom stereocenters. The number of carboxylic acid groups (broad SMARTS) is 1. The number of ether oxygens (including phenoxy) is 1. The van der Waals surface area contributed by atoms with Gasteiger partial charge in [0.05, 0.1) is 5.56 Å². The molecule has 3 aromatic rings. The summed E-state index contributed by atoms with van der Waals surface area (Å²) in [6.45, 7) is 1.84. The average molecular weight is 442 g/mol. The van der Waals surface area contributed by atoms with E-state index >= 15 is 0 Å². The number of ketones is 2. The highest BCUT2D eigenvalue weighted by molar-refractivity contribution is 6.03. The van der Waals surface area contributed by atoms with Gasteiger partial charge in [0.1, 0.15) is 11.5 Å². The molecular weight excluding hydrogens is 420 g/mol. The van der Waals surface area contributed by atoms with Crippen molar-refractivity contribution < 1.29 is 29.0 Å². The van der Waals surface area contributed by atoms with E-state index < -0.39 is 17.8 Å². The molecule has 0 radical (unpaired) electrons. The minimum Gasteiger partial charge on any atom is -0.478 e. The molecule has 1 aliphatic carbocycles. The predicted molar refractivity (Wildman–Crippen MR) is 120 cm³/mol. The Labute approximate surface area is 190 Å². The second-order valence-electron chi connectivity index (χ2n) is 8.15. The highest BCUT2D eigenvalue weighted by Gasteiger charge is 2.56. The van der Waals surface area contributed by atoms with Gasteiger partial charge in [-0.2, -0.15) is 0 Å². The molecule has 0 saturated heterocycles. The second kappa shape index (κ2) is 9.20. The molecule has 4 atom stereocenters. The van der Waals surface area contributed by atoms with Crippen LogP contribution in [-0.2, 0) is 9.59 Å². The predicted octanol–water partition coefficient (Wildman–Crippen LogP) is 4.51. The van der Waals surface area contributed by atoms with Crippen molar-refractivity contribution in [2.45, 2.75) is 18.8 Å². The van der Waals surface area contributed by atoms with E-state index in [0.29, 0.717) is 17.8 Å². The van der Waals surface area contributed by atoms with Crippen molar-refractivity contribution in [2.24, 2.45) is 11.8 Å². The third kappa shape index (κ3) is 4.20. The van der Waals surface area contributed by atoms with Crippen LogP contribution >= 0.6 is 0 Å². The molecule has 1 fully saturated rings. The summed E-state index contributed by atoms with van der Waals surface area (Å²) in [5.41, 5.74) is 2.34. The van der Waals surface area contributed by atoms with Crippen LogP contribution in [0.25, 0.3) is 0 Å². The number of hydrogen-bond donors (Lipinski definition) is 1. The Bertz CT molecular complexity index is 1180. The van der Waals surface area contributed by atoms with Crippen LogP contribution < -0.4 is 4.74 Å². The van der Waals surface area contributed by atoms with E-state index in [0.717, 1.165) is 11.1 Å². The topological polar surface area (TPSA) is 97.7 Å². The molecule has 6 heteroatoms. The summed E-state index contributed by atoms with van der Waals surface area (Å²) in [5, 5.41) is 9.23. The third-order valence-corrected chi connectivity index (χ3v) is 6.37. The van der Waals surface area contributed by atoms with E-state index in [1.807, 2.05) is 6.07 Å². The number of rotatable bonds is 8. The highest BCUT2D eigenvalue weighted by atomic mass is 16.5. The van der Waals surface area contributed by atoms with Crippen LogP contribution in [-0.4, -0.2) is 29.1 Å². The number of carbonyl (C=O) groups is 4. The molecule has 166 valence electrons. The maximum atomic E-state index is 13.5. The summed E-state index contributed by atoms with van der Waals surface area (Å²) in [6, 6.07) is 22.2. The molecule has 6 nitrogen and oxygen atoms in total. The lowest BCUT2D eigenvalue weighted by molar-refractivity contribution is -0.127. The third-order valence-electron chi connectivity index (χ3n) is 6.37. The second-order valence-corrected chi connectivity index (χ2v) is 8.15. The zero-order chi connectivity index (χ0) is 23.5. The van der Waals surface area contributed by atoms with Crippen molar-refractivity contribution in [1.29, 1.82) is 0 Å². The number of carbonyl (C=O) groups excluding carboxylic acids is 3. The van der Waals surface area contributed by atoms with Gasteiger partial charge in [-0.3, -0.25) is 14.4 Å². The van der Waals surface area contributed by atoms with E-state index in [9.17, 15) is 24.3 Å². The highest BCUT2D eigenvalue weighted by Crippen LogP contribution is 2.59. The van der Waals surface area contributed by atoms with Crippen molar-refractivity contribution in [2.75, 3.05) is 0 Å². The van der Waals surface area contributed by atoms with E-state index in [4.69, 9.17) is 4.74 Å². The van der Waals surface area contributed by atoms with E-state index in [2.05, 4.69) is 0 Å². The van der Waals surface area contributed by atoms with Gasteiger partial charge in [0.2, 0.25) is 0 Å². The van der Waals surface area contributed by atoms with Gasteiger partial charge in [0.15, 0.2) is 5.78 Å². The molecule has 0 bridgehead atoms. The molecule has 0 amide bonds. The van der Waals surface area contributed by atoms with Crippen LogP contribution in [0.15, 0.2) is 78.9 Å². The fourth-order valence-electron chi connectivity index (χ4n) is 4.88. The fourth-order valence-corrected chi connectivity index (χ4v) is 4.88. The smallest absolute Gasteiger partial charge is 0.335 e. The van der Waals surface area contributed by atoms with Crippen LogP contribution in [0.1, 0.15) is 50.6 Å². The van der Waals surface area contributed by atoms with Crippen molar-refractivity contribution in [3.8, 4) is 5.75 Å². The van der Waals surface area contributed by atoms with Crippen LogP contribution in [0.2, 0.25) is 0 Å². The first-order valence-electron chi connectivity index (χ1n) is 10.6. The van der Waals surface area contributed by atoms with E-state index in [1.165, 1.54) is 19.1 Å². The van der Waals surface area contributed by atoms with Gasteiger partial charge in [0.25, 0.3) is 6.47 Å². The van der Waals surface area contributed by atoms with Gasteiger partial charge in [-0.05, 0) is 42.3 Å². The van der Waals surface area contributed by atoms with E-state index in [-0.39, 0.29) is 29.0 Å². The minimum absolute atomic E-state index is 0.0891. The largest absolute Gasteiger partial charge is 0.478 e. The van der Waals surface area contributed by atoms with Crippen molar-refractivity contribution in [1.82, 2.24) is 0 Å². The molecule has 0 heterocycles. The van der Waals surface area contributed by atoms with Crippen LogP contribution in [0.5, 0.6) is 5.75 Å². The Hall–Kier alpha value is -4.06. The molecule has 0 aromatic heterocycles. The first-order valence-corrected chi connectivity index (χ1v) is 10.6. The number of hydrogen-bond acceptors (Lipinski definition) is 5. The quantitative estimate of drug-likeness (QED) is 0.407. The molecule has 1 N–H and O–H groups in total. The molecule has 0 aliphatic heterocycles. The van der Waals surface area contributed by atoms with Gasteiger partial charge in [-0.15, -0.1) is 0 Å². The number of carboxylic acids is 1. The normalized spacial score (nSPS) is 21.5. The molecule has 1 aliphatic rings. The van der Waals surface area contributed by atoms with Gasteiger partial charge in [-0.25, -0.2) is 4.79 Å².